The topological polar surface area (TPSA) is 29.5 Å². The third-order valence-corrected chi connectivity index (χ3v) is 4.98. The summed E-state index contributed by atoms with van der Waals surface area (Å²) in [4.78, 5) is 0. The number of aliphatic hydroxyl groups excluding tert-OH is 1. The van der Waals surface area contributed by atoms with E-state index in [9.17, 15) is 5.11 Å². The molecule has 0 bridgehead atoms. The Labute approximate surface area is 120 Å². The molecule has 19 heavy (non-hydrogen) atoms. The fourth-order valence-corrected chi connectivity index (χ4v) is 3.77. The Morgan fingerprint density at radius 1 is 1.32 bits per heavy atom. The second kappa shape index (κ2) is 7.81. The Morgan fingerprint density at radius 2 is 2.05 bits per heavy atom. The van der Waals surface area contributed by atoms with E-state index in [4.69, 9.17) is 4.74 Å². The van der Waals surface area contributed by atoms with Gasteiger partial charge in [0.15, 0.2) is 0 Å². The molecule has 3 heteroatoms. The van der Waals surface area contributed by atoms with Crippen molar-refractivity contribution in [3.05, 3.63) is 29.8 Å². The van der Waals surface area contributed by atoms with E-state index in [0.29, 0.717) is 6.61 Å². The first kappa shape index (κ1) is 14.7. The lowest BCUT2D eigenvalue weighted by Gasteiger charge is -2.17. The quantitative estimate of drug-likeness (QED) is 0.812. The fourth-order valence-electron chi connectivity index (χ4n) is 2.47. The number of aliphatic hydroxyl groups is 1. The van der Waals surface area contributed by atoms with Crippen LogP contribution in [-0.4, -0.2) is 22.7 Å². The molecule has 1 aromatic carbocycles. The minimum Gasteiger partial charge on any atom is -0.493 e. The van der Waals surface area contributed by atoms with E-state index in [2.05, 4.69) is 6.92 Å². The Kier molecular flexibility index (Phi) is 6.05. The van der Waals surface area contributed by atoms with Gasteiger partial charge in [0.2, 0.25) is 0 Å². The lowest BCUT2D eigenvalue weighted by molar-refractivity contribution is 0.195. The maximum Gasteiger partial charge on any atom is 0.125 e. The summed E-state index contributed by atoms with van der Waals surface area (Å²) in [6, 6.07) is 7.86. The van der Waals surface area contributed by atoms with E-state index < -0.39 is 6.10 Å². The van der Waals surface area contributed by atoms with Crippen LogP contribution in [0.15, 0.2) is 24.3 Å². The number of benzene rings is 1. The number of hydrogen-bond acceptors (Lipinski definition) is 3. The summed E-state index contributed by atoms with van der Waals surface area (Å²) in [7, 11) is 0. The molecule has 1 N–H and O–H groups in total. The highest BCUT2D eigenvalue weighted by atomic mass is 32.2. The first-order chi connectivity index (χ1) is 9.31. The van der Waals surface area contributed by atoms with Crippen molar-refractivity contribution in [2.75, 3.05) is 12.4 Å². The molecule has 1 aliphatic carbocycles. The third-order valence-electron chi connectivity index (χ3n) is 3.53. The predicted octanol–water partition coefficient (Wildman–Crippen LogP) is 4.18. The summed E-state index contributed by atoms with van der Waals surface area (Å²) in [6.45, 7) is 2.80. The first-order valence-corrected chi connectivity index (χ1v) is 8.37. The van der Waals surface area contributed by atoms with E-state index in [1.807, 2.05) is 36.0 Å². The fraction of sp³-hybridized carbons (Fsp3) is 0.625. The van der Waals surface area contributed by atoms with Crippen molar-refractivity contribution in [1.29, 1.82) is 0 Å². The molecule has 0 spiro atoms. The van der Waals surface area contributed by atoms with Gasteiger partial charge >= 0.3 is 0 Å². The second-order valence-corrected chi connectivity index (χ2v) is 6.48. The van der Waals surface area contributed by atoms with Crippen molar-refractivity contribution >= 4 is 11.8 Å². The molecule has 1 saturated carbocycles. The Morgan fingerprint density at radius 3 is 2.79 bits per heavy atom. The summed E-state index contributed by atoms with van der Waals surface area (Å²) < 4.78 is 5.71. The third kappa shape index (κ3) is 4.43. The SMILES string of the molecule is CCCOc1ccccc1C(O)CSC1CCCC1. The molecule has 0 saturated heterocycles. The van der Waals surface area contributed by atoms with Crippen LogP contribution in [0.2, 0.25) is 0 Å². The van der Waals surface area contributed by atoms with E-state index >= 15 is 0 Å². The normalized spacial score (nSPS) is 17.6. The highest BCUT2D eigenvalue weighted by Gasteiger charge is 2.19. The van der Waals surface area contributed by atoms with E-state index in [1.165, 1.54) is 25.7 Å². The molecule has 0 radical (unpaired) electrons. The number of rotatable bonds is 7. The van der Waals surface area contributed by atoms with Gasteiger partial charge in [0.05, 0.1) is 12.7 Å². The van der Waals surface area contributed by atoms with E-state index in [-0.39, 0.29) is 0 Å². The molecule has 1 unspecified atom stereocenters. The van der Waals surface area contributed by atoms with Crippen molar-refractivity contribution in [3.63, 3.8) is 0 Å². The van der Waals surface area contributed by atoms with Gasteiger partial charge in [-0.2, -0.15) is 11.8 Å². The van der Waals surface area contributed by atoms with Crippen LogP contribution in [0.5, 0.6) is 5.75 Å². The van der Waals surface area contributed by atoms with Crippen LogP contribution < -0.4 is 4.74 Å². The van der Waals surface area contributed by atoms with Crippen LogP contribution >= 0.6 is 11.8 Å². The highest BCUT2D eigenvalue weighted by Crippen LogP contribution is 2.34. The maximum absolute atomic E-state index is 10.4. The van der Waals surface area contributed by atoms with Crippen molar-refractivity contribution in [1.82, 2.24) is 0 Å². The van der Waals surface area contributed by atoms with Crippen LogP contribution in [0.4, 0.5) is 0 Å². The maximum atomic E-state index is 10.4. The van der Waals surface area contributed by atoms with Gasteiger partial charge in [0.25, 0.3) is 0 Å². The molecule has 2 nitrogen and oxygen atoms in total. The molecular formula is C16H24O2S. The zero-order valence-corrected chi connectivity index (χ0v) is 12.5. The summed E-state index contributed by atoms with van der Waals surface area (Å²) in [5.41, 5.74) is 0.932. The lowest BCUT2D eigenvalue weighted by atomic mass is 10.1. The van der Waals surface area contributed by atoms with Gasteiger partial charge in [0.1, 0.15) is 5.75 Å². The van der Waals surface area contributed by atoms with Gasteiger partial charge < -0.3 is 9.84 Å². The van der Waals surface area contributed by atoms with Gasteiger partial charge in [-0.1, -0.05) is 38.0 Å². The molecule has 0 aliphatic heterocycles. The van der Waals surface area contributed by atoms with Crippen molar-refractivity contribution in [2.45, 2.75) is 50.4 Å². The second-order valence-electron chi connectivity index (χ2n) is 5.14. The molecule has 1 aliphatic rings. The summed E-state index contributed by atoms with van der Waals surface area (Å²) in [6.07, 6.45) is 5.89. The monoisotopic (exact) mass is 280 g/mol. The van der Waals surface area contributed by atoms with Crippen molar-refractivity contribution < 1.29 is 9.84 Å². The summed E-state index contributed by atoms with van der Waals surface area (Å²) in [5, 5.41) is 11.1. The lowest BCUT2D eigenvalue weighted by Crippen LogP contribution is -2.07. The molecule has 1 fully saturated rings. The first-order valence-electron chi connectivity index (χ1n) is 7.32. The molecular weight excluding hydrogens is 256 g/mol. The van der Waals surface area contributed by atoms with Crippen molar-refractivity contribution in [3.8, 4) is 5.75 Å². The average Bonchev–Trinajstić information content (AvgIpc) is 2.96. The van der Waals surface area contributed by atoms with Gasteiger partial charge in [0, 0.05) is 16.6 Å². The van der Waals surface area contributed by atoms with Crippen LogP contribution in [0.25, 0.3) is 0 Å². The summed E-state index contributed by atoms with van der Waals surface area (Å²) in [5.74, 6) is 1.61. The van der Waals surface area contributed by atoms with Gasteiger partial charge in [-0.3, -0.25) is 0 Å². The smallest absolute Gasteiger partial charge is 0.125 e. The number of ether oxygens (including phenoxy) is 1. The zero-order chi connectivity index (χ0) is 13.5. The minimum atomic E-state index is -0.418. The molecule has 2 rings (SSSR count). The summed E-state index contributed by atoms with van der Waals surface area (Å²) >= 11 is 1.91. The van der Waals surface area contributed by atoms with Gasteiger partial charge in [-0.25, -0.2) is 0 Å². The zero-order valence-electron chi connectivity index (χ0n) is 11.7. The van der Waals surface area contributed by atoms with Crippen LogP contribution in [-0.2, 0) is 0 Å². The Hall–Kier alpha value is -0.670. The van der Waals surface area contributed by atoms with Gasteiger partial charge in [-0.05, 0) is 25.3 Å². The minimum absolute atomic E-state index is 0.418. The number of hydrogen-bond donors (Lipinski definition) is 1. The molecule has 0 heterocycles. The van der Waals surface area contributed by atoms with Crippen LogP contribution in [0.1, 0.15) is 50.7 Å². The van der Waals surface area contributed by atoms with Gasteiger partial charge in [-0.15, -0.1) is 0 Å². The molecule has 1 aromatic rings. The average molecular weight is 280 g/mol. The van der Waals surface area contributed by atoms with Crippen molar-refractivity contribution in [2.24, 2.45) is 0 Å². The predicted molar refractivity (Wildman–Crippen MR) is 81.9 cm³/mol. The highest BCUT2D eigenvalue weighted by molar-refractivity contribution is 7.99. The largest absolute Gasteiger partial charge is 0.493 e. The number of thioether (sulfide) groups is 1. The Bertz CT molecular complexity index is 375. The molecule has 0 aromatic heterocycles. The standard InChI is InChI=1S/C16H24O2S/c1-2-11-18-16-10-6-5-9-14(16)15(17)12-19-13-7-3-4-8-13/h5-6,9-10,13,15,17H,2-4,7-8,11-12H2,1H3. The van der Waals surface area contributed by atoms with E-state index in [0.717, 1.165) is 28.7 Å². The molecule has 1 atom stereocenters. The van der Waals surface area contributed by atoms with Crippen LogP contribution in [0, 0.1) is 0 Å². The Balaban J connectivity index is 1.91. The van der Waals surface area contributed by atoms with E-state index in [1.54, 1.807) is 0 Å². The number of para-hydroxylation sites is 1. The molecule has 0 amide bonds. The molecule has 106 valence electrons. The van der Waals surface area contributed by atoms with Crippen LogP contribution in [0.3, 0.4) is 0 Å².